The van der Waals surface area contributed by atoms with Crippen molar-refractivity contribution in [2.45, 2.75) is 82.4 Å². The van der Waals surface area contributed by atoms with Crippen LogP contribution in [0.3, 0.4) is 0 Å². The Balaban J connectivity index is 2.34. The van der Waals surface area contributed by atoms with Gasteiger partial charge in [-0.2, -0.15) is 0 Å². The van der Waals surface area contributed by atoms with Crippen molar-refractivity contribution in [2.75, 3.05) is 0 Å². The molecule has 1 heterocycles. The van der Waals surface area contributed by atoms with E-state index in [2.05, 4.69) is 19.1 Å². The van der Waals surface area contributed by atoms with Crippen LogP contribution in [0.2, 0.25) is 0 Å². The molecule has 0 aromatic heterocycles. The highest BCUT2D eigenvalue weighted by atomic mass is 16.5. The summed E-state index contributed by atoms with van der Waals surface area (Å²) in [4.78, 5) is 10.4. The highest BCUT2D eigenvalue weighted by molar-refractivity contribution is 5.66. The number of aliphatic carboxylic acids is 1. The minimum absolute atomic E-state index is 0.0683. The molecule has 0 unspecified atom stereocenters. The number of aliphatic hydroxyl groups is 3. The summed E-state index contributed by atoms with van der Waals surface area (Å²) in [5.41, 5.74) is 0. The minimum atomic E-state index is -0.849. The standard InChI is InChI=1S/C22H34O6/c1-2-3-4-5-6-9-12-18(24)21-16-19(25)20(28-21)15-14-17(23)11-8-7-10-13-22(26)27/h3-4,6-9,14-15,17-21,23-25H,2,5,10-13,16H2,1H3,(H,26,27)/b4-3-,8-7-,9-6-,15-14+/t17-,18+,19+,20+,21+/m0/s1. The molecule has 6 heteroatoms. The Hall–Kier alpha value is -1.73. The van der Waals surface area contributed by atoms with Gasteiger partial charge in [-0.25, -0.2) is 0 Å². The molecule has 0 amide bonds. The molecule has 1 aliphatic rings. The molecular weight excluding hydrogens is 360 g/mol. The first-order valence-corrected chi connectivity index (χ1v) is 9.98. The van der Waals surface area contributed by atoms with Crippen LogP contribution in [0.4, 0.5) is 0 Å². The van der Waals surface area contributed by atoms with E-state index in [-0.39, 0.29) is 6.42 Å². The number of carboxylic acids is 1. The third kappa shape index (κ3) is 10.6. The van der Waals surface area contributed by atoms with Crippen LogP contribution in [0, 0.1) is 0 Å². The van der Waals surface area contributed by atoms with Gasteiger partial charge in [-0.3, -0.25) is 4.79 Å². The third-order valence-electron chi connectivity index (χ3n) is 4.42. The summed E-state index contributed by atoms with van der Waals surface area (Å²) in [5.74, 6) is -0.849. The van der Waals surface area contributed by atoms with E-state index >= 15 is 0 Å². The summed E-state index contributed by atoms with van der Waals surface area (Å²) in [6.07, 6.45) is 15.1. The molecule has 1 aliphatic heterocycles. The van der Waals surface area contributed by atoms with Gasteiger partial charge in [-0.05, 0) is 32.1 Å². The Morgan fingerprint density at radius 2 is 1.82 bits per heavy atom. The van der Waals surface area contributed by atoms with Crippen LogP contribution in [0.15, 0.2) is 48.6 Å². The number of carboxylic acid groups (broad SMARTS) is 1. The van der Waals surface area contributed by atoms with Gasteiger partial charge >= 0.3 is 5.97 Å². The molecular formula is C22H34O6. The molecule has 0 spiro atoms. The molecule has 1 fully saturated rings. The molecule has 5 atom stereocenters. The Morgan fingerprint density at radius 1 is 1.11 bits per heavy atom. The molecule has 4 N–H and O–H groups in total. The van der Waals surface area contributed by atoms with E-state index in [1.165, 1.54) is 0 Å². The lowest BCUT2D eigenvalue weighted by atomic mass is 10.0. The lowest BCUT2D eigenvalue weighted by Crippen LogP contribution is -2.25. The molecule has 0 aromatic carbocycles. The SMILES string of the molecule is CC/C=C\C/C=C\C[C@@H](O)[C@H]1C[C@@H](O)[C@@H](/C=C/[C@@H](O)C/C=C\CCC(=O)O)O1. The molecule has 0 aliphatic carbocycles. The first kappa shape index (κ1) is 24.3. The van der Waals surface area contributed by atoms with E-state index in [1.807, 2.05) is 12.2 Å². The predicted octanol–water partition coefficient (Wildman–Crippen LogP) is 2.90. The average Bonchev–Trinajstić information content (AvgIpc) is 3.03. The fraction of sp³-hybridized carbons (Fsp3) is 0.591. The fourth-order valence-corrected chi connectivity index (χ4v) is 2.84. The van der Waals surface area contributed by atoms with Crippen LogP contribution >= 0.6 is 0 Å². The van der Waals surface area contributed by atoms with Crippen LogP contribution < -0.4 is 0 Å². The van der Waals surface area contributed by atoms with Gasteiger partial charge in [0.25, 0.3) is 0 Å². The lowest BCUT2D eigenvalue weighted by Gasteiger charge is -2.16. The van der Waals surface area contributed by atoms with E-state index < -0.39 is 36.5 Å². The molecule has 158 valence electrons. The van der Waals surface area contributed by atoms with Crippen molar-refractivity contribution in [1.29, 1.82) is 0 Å². The summed E-state index contributed by atoms with van der Waals surface area (Å²) < 4.78 is 5.72. The highest BCUT2D eigenvalue weighted by Crippen LogP contribution is 2.25. The molecule has 1 rings (SSSR count). The smallest absolute Gasteiger partial charge is 0.303 e. The Morgan fingerprint density at radius 3 is 2.54 bits per heavy atom. The fourth-order valence-electron chi connectivity index (χ4n) is 2.84. The van der Waals surface area contributed by atoms with Crippen molar-refractivity contribution in [1.82, 2.24) is 0 Å². The largest absolute Gasteiger partial charge is 0.481 e. The van der Waals surface area contributed by atoms with E-state index in [1.54, 1.807) is 24.3 Å². The summed E-state index contributed by atoms with van der Waals surface area (Å²) in [6, 6.07) is 0. The Kier molecular flexibility index (Phi) is 12.4. The van der Waals surface area contributed by atoms with E-state index in [0.29, 0.717) is 25.7 Å². The van der Waals surface area contributed by atoms with Crippen molar-refractivity contribution in [3.63, 3.8) is 0 Å². The first-order valence-electron chi connectivity index (χ1n) is 9.98. The van der Waals surface area contributed by atoms with Crippen molar-refractivity contribution in [3.05, 3.63) is 48.6 Å². The number of hydrogen-bond donors (Lipinski definition) is 4. The first-order chi connectivity index (χ1) is 13.4. The molecule has 0 aromatic rings. The monoisotopic (exact) mass is 394 g/mol. The minimum Gasteiger partial charge on any atom is -0.481 e. The zero-order chi connectivity index (χ0) is 20.8. The van der Waals surface area contributed by atoms with Crippen LogP contribution in [0.5, 0.6) is 0 Å². The number of rotatable bonds is 13. The zero-order valence-electron chi connectivity index (χ0n) is 16.6. The maximum absolute atomic E-state index is 10.4. The summed E-state index contributed by atoms with van der Waals surface area (Å²) in [6.45, 7) is 2.08. The van der Waals surface area contributed by atoms with E-state index in [4.69, 9.17) is 9.84 Å². The van der Waals surface area contributed by atoms with Gasteiger partial charge in [0, 0.05) is 12.8 Å². The van der Waals surface area contributed by atoms with Crippen molar-refractivity contribution in [3.8, 4) is 0 Å². The molecule has 6 nitrogen and oxygen atoms in total. The molecule has 1 saturated heterocycles. The topological polar surface area (TPSA) is 107 Å². The number of aliphatic hydroxyl groups excluding tert-OH is 3. The summed E-state index contributed by atoms with van der Waals surface area (Å²) >= 11 is 0. The van der Waals surface area contributed by atoms with Gasteiger partial charge in [0.1, 0.15) is 6.10 Å². The van der Waals surface area contributed by atoms with Crippen molar-refractivity contribution < 1.29 is 30.0 Å². The summed E-state index contributed by atoms with van der Waals surface area (Å²) in [5, 5.41) is 38.8. The average molecular weight is 395 g/mol. The maximum Gasteiger partial charge on any atom is 0.303 e. The second-order valence-corrected chi connectivity index (χ2v) is 6.92. The third-order valence-corrected chi connectivity index (χ3v) is 4.42. The van der Waals surface area contributed by atoms with Crippen LogP contribution in [0.25, 0.3) is 0 Å². The number of hydrogen-bond acceptors (Lipinski definition) is 5. The van der Waals surface area contributed by atoms with Gasteiger partial charge in [0.2, 0.25) is 0 Å². The quantitative estimate of drug-likeness (QED) is 0.358. The van der Waals surface area contributed by atoms with Crippen LogP contribution in [-0.2, 0) is 9.53 Å². The maximum atomic E-state index is 10.4. The molecule has 0 radical (unpaired) electrons. The van der Waals surface area contributed by atoms with Gasteiger partial charge in [0.05, 0.1) is 24.4 Å². The summed E-state index contributed by atoms with van der Waals surface area (Å²) in [7, 11) is 0. The lowest BCUT2D eigenvalue weighted by molar-refractivity contribution is -0.136. The second kappa shape index (κ2) is 14.3. The number of carbonyl (C=O) groups is 1. The highest BCUT2D eigenvalue weighted by Gasteiger charge is 2.35. The van der Waals surface area contributed by atoms with Gasteiger partial charge in [0.15, 0.2) is 0 Å². The van der Waals surface area contributed by atoms with Crippen molar-refractivity contribution in [2.24, 2.45) is 0 Å². The Bertz CT molecular complexity index is 551. The predicted molar refractivity (Wildman–Crippen MR) is 109 cm³/mol. The zero-order valence-corrected chi connectivity index (χ0v) is 16.6. The normalized spacial score (nSPS) is 25.5. The van der Waals surface area contributed by atoms with Gasteiger partial charge in [-0.1, -0.05) is 55.5 Å². The van der Waals surface area contributed by atoms with E-state index in [9.17, 15) is 20.1 Å². The van der Waals surface area contributed by atoms with Crippen LogP contribution in [-0.4, -0.2) is 56.9 Å². The van der Waals surface area contributed by atoms with Crippen LogP contribution in [0.1, 0.15) is 51.9 Å². The van der Waals surface area contributed by atoms with Gasteiger partial charge in [-0.15, -0.1) is 0 Å². The molecule has 0 saturated carbocycles. The van der Waals surface area contributed by atoms with Crippen molar-refractivity contribution >= 4 is 5.97 Å². The molecule has 28 heavy (non-hydrogen) atoms. The molecule has 0 bridgehead atoms. The number of allylic oxidation sites excluding steroid dienone is 4. The van der Waals surface area contributed by atoms with Gasteiger partial charge < -0.3 is 25.2 Å². The Labute approximate surface area is 167 Å². The second-order valence-electron chi connectivity index (χ2n) is 6.92. The number of ether oxygens (including phenoxy) is 1. The van der Waals surface area contributed by atoms with E-state index in [0.717, 1.165) is 12.8 Å².